The monoisotopic (exact) mass is 1550 g/mol. The lowest BCUT2D eigenvalue weighted by atomic mass is 10.0. The lowest BCUT2D eigenvalue weighted by Gasteiger charge is -2.21. The van der Waals surface area contributed by atoms with Gasteiger partial charge in [0.1, 0.15) is 19.3 Å². The summed E-state index contributed by atoms with van der Waals surface area (Å²) in [7, 11) is -9.99. The maximum atomic E-state index is 13.1. The van der Waals surface area contributed by atoms with Gasteiger partial charge in [-0.05, 0) is 135 Å². The van der Waals surface area contributed by atoms with E-state index in [-0.39, 0.29) is 25.7 Å². The fraction of sp³-hybridized carbons (Fsp3) is 0.685. The average molecular weight is 1550 g/mol. The van der Waals surface area contributed by atoms with Gasteiger partial charge in [-0.1, -0.05) is 321 Å². The molecule has 0 aromatic heterocycles. The van der Waals surface area contributed by atoms with Crippen LogP contribution in [0.1, 0.15) is 336 Å². The molecule has 5 atom stereocenters. The zero-order valence-corrected chi connectivity index (χ0v) is 69.5. The minimum Gasteiger partial charge on any atom is -0.462 e. The third-order valence-electron chi connectivity index (χ3n) is 17.3. The molecule has 0 heterocycles. The molecular weight excluding hydrogens is 1400 g/mol. The molecule has 618 valence electrons. The number of phosphoric acid groups is 2. The minimum atomic E-state index is -5.01. The van der Waals surface area contributed by atoms with Crippen LogP contribution < -0.4 is 0 Å². The summed E-state index contributed by atoms with van der Waals surface area (Å²) in [5.74, 6) is -2.29. The van der Waals surface area contributed by atoms with E-state index in [1.165, 1.54) is 70.6 Å². The van der Waals surface area contributed by atoms with E-state index in [0.717, 1.165) is 180 Å². The summed E-state index contributed by atoms with van der Waals surface area (Å²) in [6.45, 7) is 4.55. The SMILES string of the molecule is CC/C=C\C/C=C\C/C=C\C/C=C\C/C=C\C/C=C\CCC(=O)OCC(COP(=O)(O)OCC(O)COP(=O)(O)OCC(COC(=O)CCCCCCCCC/C=C\C/C=C\C/C=C\CC)OC(=O)CCCCCCCCCCCCCCC)OC(=O)CCCCCCCC/C=C\C/C=C\C/C=C\CCCCC. The summed E-state index contributed by atoms with van der Waals surface area (Å²) in [6.07, 6.45) is 92.5. The van der Waals surface area contributed by atoms with E-state index in [9.17, 15) is 43.2 Å². The molecular formula is C89H150O17P2. The lowest BCUT2D eigenvalue weighted by molar-refractivity contribution is -0.161. The lowest BCUT2D eigenvalue weighted by Crippen LogP contribution is -2.30. The van der Waals surface area contributed by atoms with Crippen molar-refractivity contribution in [2.75, 3.05) is 39.6 Å². The summed E-state index contributed by atoms with van der Waals surface area (Å²) in [4.78, 5) is 73.2. The number of hydrogen-bond acceptors (Lipinski definition) is 15. The number of phosphoric ester groups is 2. The first-order valence-electron chi connectivity index (χ1n) is 42.1. The minimum absolute atomic E-state index is 0.0298. The van der Waals surface area contributed by atoms with Crippen LogP contribution in [0.2, 0.25) is 0 Å². The number of carbonyl (C=O) groups excluding carboxylic acids is 4. The fourth-order valence-corrected chi connectivity index (χ4v) is 12.6. The number of aliphatic hydroxyl groups excluding tert-OH is 1. The Morgan fingerprint density at radius 3 is 0.815 bits per heavy atom. The Bertz CT molecular complexity index is 2610. The molecule has 0 fully saturated rings. The van der Waals surface area contributed by atoms with E-state index >= 15 is 0 Å². The molecule has 0 aliphatic heterocycles. The first kappa shape index (κ1) is 103. The summed E-state index contributed by atoms with van der Waals surface area (Å²) in [5, 5.41) is 10.7. The quantitative estimate of drug-likeness (QED) is 0.0169. The Balaban J connectivity index is 5.44. The number of allylic oxidation sites excluding steroid dienone is 24. The van der Waals surface area contributed by atoms with Crippen LogP contribution in [0, 0.1) is 0 Å². The van der Waals surface area contributed by atoms with Crippen molar-refractivity contribution in [2.45, 2.75) is 354 Å². The molecule has 0 aliphatic carbocycles. The van der Waals surface area contributed by atoms with Gasteiger partial charge in [-0.2, -0.15) is 0 Å². The van der Waals surface area contributed by atoms with Crippen LogP contribution in [0.5, 0.6) is 0 Å². The topological polar surface area (TPSA) is 237 Å². The van der Waals surface area contributed by atoms with E-state index < -0.39 is 97.5 Å². The summed E-state index contributed by atoms with van der Waals surface area (Å²) < 4.78 is 68.7. The number of hydrogen-bond donors (Lipinski definition) is 3. The van der Waals surface area contributed by atoms with Crippen molar-refractivity contribution in [1.29, 1.82) is 0 Å². The molecule has 17 nitrogen and oxygen atoms in total. The van der Waals surface area contributed by atoms with Crippen molar-refractivity contribution in [3.63, 3.8) is 0 Å². The number of aliphatic hydroxyl groups is 1. The fourth-order valence-electron chi connectivity index (χ4n) is 11.0. The normalized spacial score (nSPS) is 14.5. The Morgan fingerprint density at radius 2 is 0.500 bits per heavy atom. The molecule has 0 rings (SSSR count). The van der Waals surface area contributed by atoms with Gasteiger partial charge in [-0.15, -0.1) is 0 Å². The van der Waals surface area contributed by atoms with Crippen LogP contribution in [-0.4, -0.2) is 96.7 Å². The predicted molar refractivity (Wildman–Crippen MR) is 445 cm³/mol. The molecule has 0 amide bonds. The Kier molecular flexibility index (Phi) is 76.3. The molecule has 0 aromatic carbocycles. The highest BCUT2D eigenvalue weighted by atomic mass is 31.2. The molecule has 0 aromatic rings. The largest absolute Gasteiger partial charge is 0.472 e. The maximum Gasteiger partial charge on any atom is 0.472 e. The van der Waals surface area contributed by atoms with Crippen molar-refractivity contribution in [3.8, 4) is 0 Å². The van der Waals surface area contributed by atoms with Crippen molar-refractivity contribution < 1.29 is 80.2 Å². The highest BCUT2D eigenvalue weighted by Gasteiger charge is 2.30. The van der Waals surface area contributed by atoms with Crippen LogP contribution in [0.3, 0.4) is 0 Å². The van der Waals surface area contributed by atoms with Gasteiger partial charge in [0, 0.05) is 25.7 Å². The Morgan fingerprint density at radius 1 is 0.269 bits per heavy atom. The van der Waals surface area contributed by atoms with Crippen molar-refractivity contribution in [2.24, 2.45) is 0 Å². The third-order valence-corrected chi connectivity index (χ3v) is 19.2. The summed E-state index contributed by atoms with van der Waals surface area (Å²) in [5.41, 5.74) is 0. The molecule has 108 heavy (non-hydrogen) atoms. The smallest absolute Gasteiger partial charge is 0.462 e. The van der Waals surface area contributed by atoms with Gasteiger partial charge in [0.2, 0.25) is 0 Å². The van der Waals surface area contributed by atoms with Crippen molar-refractivity contribution >= 4 is 39.5 Å². The van der Waals surface area contributed by atoms with Gasteiger partial charge in [-0.25, -0.2) is 9.13 Å². The van der Waals surface area contributed by atoms with Crippen LogP contribution in [0.15, 0.2) is 146 Å². The van der Waals surface area contributed by atoms with Gasteiger partial charge in [-0.3, -0.25) is 37.3 Å². The number of rotatable bonds is 78. The Hall–Kier alpha value is -5.06. The molecule has 19 heteroatoms. The molecule has 0 saturated heterocycles. The molecule has 0 bridgehead atoms. The second-order valence-electron chi connectivity index (χ2n) is 27.7. The van der Waals surface area contributed by atoms with E-state index in [2.05, 4.69) is 155 Å². The van der Waals surface area contributed by atoms with E-state index in [1.807, 2.05) is 18.2 Å². The van der Waals surface area contributed by atoms with Gasteiger partial charge >= 0.3 is 39.5 Å². The number of ether oxygens (including phenoxy) is 4. The predicted octanol–water partition coefficient (Wildman–Crippen LogP) is 25.0. The second-order valence-corrected chi connectivity index (χ2v) is 30.6. The van der Waals surface area contributed by atoms with Crippen molar-refractivity contribution in [3.05, 3.63) is 146 Å². The van der Waals surface area contributed by atoms with Gasteiger partial charge < -0.3 is 33.8 Å². The van der Waals surface area contributed by atoms with Crippen LogP contribution in [0.4, 0.5) is 0 Å². The zero-order valence-electron chi connectivity index (χ0n) is 67.7. The maximum absolute atomic E-state index is 13.1. The summed E-state index contributed by atoms with van der Waals surface area (Å²) >= 11 is 0. The highest BCUT2D eigenvalue weighted by Crippen LogP contribution is 2.45. The molecule has 0 saturated carbocycles. The van der Waals surface area contributed by atoms with Gasteiger partial charge in [0.25, 0.3) is 0 Å². The number of unbranched alkanes of at least 4 members (excludes halogenated alkanes) is 28. The third kappa shape index (κ3) is 79.0. The summed E-state index contributed by atoms with van der Waals surface area (Å²) in [6, 6.07) is 0. The van der Waals surface area contributed by atoms with E-state index in [0.29, 0.717) is 32.1 Å². The number of carbonyl (C=O) groups is 4. The van der Waals surface area contributed by atoms with Crippen molar-refractivity contribution in [1.82, 2.24) is 0 Å². The zero-order chi connectivity index (χ0) is 78.9. The van der Waals surface area contributed by atoms with E-state index in [4.69, 9.17) is 37.0 Å². The highest BCUT2D eigenvalue weighted by molar-refractivity contribution is 7.47. The van der Waals surface area contributed by atoms with Gasteiger partial charge in [0.15, 0.2) is 12.2 Å². The Labute approximate surface area is 656 Å². The van der Waals surface area contributed by atoms with E-state index in [1.54, 1.807) is 0 Å². The first-order valence-corrected chi connectivity index (χ1v) is 45.1. The molecule has 0 spiro atoms. The molecule has 0 radical (unpaired) electrons. The molecule has 3 N–H and O–H groups in total. The van der Waals surface area contributed by atoms with Gasteiger partial charge in [0.05, 0.1) is 26.4 Å². The van der Waals surface area contributed by atoms with Crippen LogP contribution in [0.25, 0.3) is 0 Å². The number of esters is 4. The first-order chi connectivity index (χ1) is 52.7. The standard InChI is InChI=1S/C89H150O17P2/c1-5-9-13-17-21-25-29-33-36-39-41-44-47-51-54-58-62-66-70-74-87(92)100-80-85(106-89(94)76-72-68-64-60-56-52-48-45-42-40-37-34-30-26-22-18-14-10-6-2)82-104-108(97,98)102-78-83(90)77-101-107(95,96)103-81-84(105-88(93)75-71-67-63-59-55-49-32-28-24-20-16-12-8-4)79-99-86(91)73-69-65-61-57-53-50-46-43-38-35-31-27-23-19-15-11-7-3/h9,11,13,15,21-23,25-27,33-38,41-42,44-45,51,54,62,66,83-85,90H,5-8,10,12,14,16-20,24,28-32,39-40,43,46-50,52-53,55-61,63-65,67-82H2,1-4H3,(H,95,96)(H,97,98)/b13-9-,15-11-,25-21-,26-22-,27-23-,36-33-,37-34-,38-35-,44-41-,45-42-,54-51-,66-62-. The van der Waals surface area contributed by atoms with Crippen LogP contribution >= 0.6 is 15.6 Å². The second kappa shape index (κ2) is 80.0. The molecule has 5 unspecified atom stereocenters. The average Bonchev–Trinajstić information content (AvgIpc) is 0.892. The molecule has 0 aliphatic rings. The van der Waals surface area contributed by atoms with Crippen LogP contribution in [-0.2, 0) is 65.4 Å².